The van der Waals surface area contributed by atoms with E-state index in [1.54, 1.807) is 12.1 Å². The van der Waals surface area contributed by atoms with Gasteiger partial charge in [0.2, 0.25) is 0 Å². The average molecular weight is 1340 g/mol. The summed E-state index contributed by atoms with van der Waals surface area (Å²) in [6, 6.07) is 23.3. The fourth-order valence-corrected chi connectivity index (χ4v) is 14.5. The highest BCUT2D eigenvalue weighted by molar-refractivity contribution is 6.17. The molecule has 0 unspecified atom stereocenters. The van der Waals surface area contributed by atoms with Gasteiger partial charge >= 0.3 is 0 Å². The molecule has 0 spiro atoms. The van der Waals surface area contributed by atoms with Crippen molar-refractivity contribution in [2.75, 3.05) is 130 Å². The number of likely N-dealkylation sites (tertiary alicyclic amines) is 5. The molecule has 5 saturated heterocycles. The first-order chi connectivity index (χ1) is 46.4. The van der Waals surface area contributed by atoms with Crippen molar-refractivity contribution in [2.24, 2.45) is 23.7 Å². The molecule has 4 atom stereocenters. The van der Waals surface area contributed by atoms with Crippen LogP contribution in [0.3, 0.4) is 0 Å². The molecule has 0 bridgehead atoms. The molecule has 5 aliphatic rings. The van der Waals surface area contributed by atoms with E-state index in [0.717, 1.165) is 118 Å². The molecule has 0 saturated carbocycles. The van der Waals surface area contributed by atoms with Gasteiger partial charge < -0.3 is 63.9 Å². The van der Waals surface area contributed by atoms with E-state index >= 15 is 0 Å². The van der Waals surface area contributed by atoms with Gasteiger partial charge in [-0.1, -0.05) is 84.1 Å². The highest BCUT2D eigenvalue weighted by atomic mass is 35.5. The fourth-order valence-electron chi connectivity index (χ4n) is 14.3. The van der Waals surface area contributed by atoms with Crippen LogP contribution in [0, 0.1) is 23.7 Å². The first-order valence-electron chi connectivity index (χ1n) is 38.4. The number of phenols is 4. The molecule has 5 heterocycles. The molecule has 5 fully saturated rings. The molecule has 9 rings (SSSR count). The van der Waals surface area contributed by atoms with Crippen LogP contribution in [0.15, 0.2) is 72.8 Å². The Morgan fingerprint density at radius 1 is 0.295 bits per heavy atom. The third-order valence-corrected chi connectivity index (χ3v) is 21.1. The summed E-state index contributed by atoms with van der Waals surface area (Å²) in [7, 11) is 0. The minimum absolute atomic E-state index is 0.0965. The molecule has 95 heavy (non-hydrogen) atoms. The molecular weight excluding hydrogens is 1210 g/mol. The second-order valence-electron chi connectivity index (χ2n) is 29.1. The summed E-state index contributed by atoms with van der Waals surface area (Å²) < 4.78 is 26.0. The molecule has 13 nitrogen and oxygen atoms in total. The van der Waals surface area contributed by atoms with E-state index in [1.165, 1.54) is 256 Å². The predicted molar refractivity (Wildman–Crippen MR) is 394 cm³/mol. The van der Waals surface area contributed by atoms with Crippen LogP contribution < -0.4 is 18.9 Å². The Kier molecular flexibility index (Phi) is 37.5. The van der Waals surface area contributed by atoms with E-state index in [1.807, 2.05) is 12.1 Å². The van der Waals surface area contributed by atoms with Crippen molar-refractivity contribution >= 4 is 11.6 Å². The molecule has 0 radical (unpaired) electrons. The van der Waals surface area contributed by atoms with Crippen LogP contribution in [-0.4, -0.2) is 175 Å². The largest absolute Gasteiger partial charge is 0.504 e. The number of aromatic hydroxyl groups is 4. The van der Waals surface area contributed by atoms with Crippen LogP contribution in [0.5, 0.6) is 46.0 Å². The number of halogens is 1. The molecule has 5 aliphatic heterocycles. The normalized spacial score (nSPS) is 18.3. The van der Waals surface area contributed by atoms with Crippen molar-refractivity contribution in [3.63, 3.8) is 0 Å². The second kappa shape index (κ2) is 45.9. The third kappa shape index (κ3) is 31.0. The summed E-state index contributed by atoms with van der Waals surface area (Å²) in [5.41, 5.74) is 4.62. The SMILES string of the molecule is C[C@H](Cc1ccc(O)c(O)c1)[C@@H](C)Cc1ccc(O)c(O)c1.C[C@H](Cc1ccc(OCCCCN2CCCCC2)c(OCCCCN2CCCCC2)c1)[C@@H](C)Cc1ccc(OCCCCN2CCCCC2)c(OCCCCN2CCCCC2)c1.ClCCCCN1CCCCC1. The summed E-state index contributed by atoms with van der Waals surface area (Å²) in [5, 5.41) is 37.8. The summed E-state index contributed by atoms with van der Waals surface area (Å²) >= 11 is 5.60. The number of unbranched alkanes of at least 4 members (excludes halogenated alkanes) is 5. The summed E-state index contributed by atoms with van der Waals surface area (Å²) in [5.74, 6) is 5.82. The predicted octanol–water partition coefficient (Wildman–Crippen LogP) is 17.4. The van der Waals surface area contributed by atoms with Crippen LogP contribution in [0.2, 0.25) is 0 Å². The molecule has 0 amide bonds. The lowest BCUT2D eigenvalue weighted by Crippen LogP contribution is -2.30. The highest BCUT2D eigenvalue weighted by Gasteiger charge is 2.21. The lowest BCUT2D eigenvalue weighted by Gasteiger charge is -2.26. The van der Waals surface area contributed by atoms with Crippen LogP contribution >= 0.6 is 11.6 Å². The van der Waals surface area contributed by atoms with Crippen molar-refractivity contribution in [1.82, 2.24) is 24.5 Å². The van der Waals surface area contributed by atoms with Gasteiger partial charge in [0, 0.05) is 5.88 Å². The Labute approximate surface area is 581 Å². The maximum atomic E-state index is 9.54. The van der Waals surface area contributed by atoms with Gasteiger partial charge in [0.05, 0.1) is 26.4 Å². The third-order valence-electron chi connectivity index (χ3n) is 20.9. The Hall–Kier alpha value is -4.63. The Balaban J connectivity index is 0.000000313. The number of hydrogen-bond acceptors (Lipinski definition) is 13. The van der Waals surface area contributed by atoms with Gasteiger partial charge in [-0.15, -0.1) is 11.6 Å². The lowest BCUT2D eigenvalue weighted by atomic mass is 9.85. The van der Waals surface area contributed by atoms with Crippen molar-refractivity contribution in [3.8, 4) is 46.0 Å². The van der Waals surface area contributed by atoms with Gasteiger partial charge in [-0.25, -0.2) is 0 Å². The van der Waals surface area contributed by atoms with Crippen molar-refractivity contribution < 1.29 is 39.4 Å². The topological polar surface area (TPSA) is 134 Å². The number of hydrogen-bond donors (Lipinski definition) is 4. The van der Waals surface area contributed by atoms with E-state index in [4.69, 9.17) is 30.5 Å². The smallest absolute Gasteiger partial charge is 0.161 e. The van der Waals surface area contributed by atoms with Gasteiger partial charge in [-0.3, -0.25) is 0 Å². The molecule has 4 aromatic carbocycles. The summed E-state index contributed by atoms with van der Waals surface area (Å²) in [6.45, 7) is 30.9. The number of phenolic OH excluding ortho intramolecular Hbond substituents is 4. The number of alkyl halides is 1. The van der Waals surface area contributed by atoms with Gasteiger partial charge in [0.25, 0.3) is 0 Å². The zero-order chi connectivity index (χ0) is 67.1. The van der Waals surface area contributed by atoms with E-state index in [-0.39, 0.29) is 23.0 Å². The summed E-state index contributed by atoms with van der Waals surface area (Å²) in [4.78, 5) is 13.1. The standard InChI is InChI=1S/C54H90N4O4.C18H22O4.C9H18ClN/c1-47(43-49-23-25-51(59-39-19-15-35-55-27-7-3-8-28-55)53(45-49)61-41-21-17-37-57-31-11-5-12-32-57)48(2)44-50-24-26-52(60-40-20-16-36-56-29-9-4-10-30-56)54(46-50)62-42-22-18-38-58-33-13-6-14-34-58;1-11(7-13-3-5-15(19)17(21)9-13)12(2)8-14-4-6-16(20)18(22)10-14;10-6-2-5-9-11-7-3-1-4-8-11/h23-26,45-48H,3-22,27-44H2,1-2H3;3-6,9-12,19-22H,7-8H2,1-2H3;1-9H2/t47-,48+;11-,12+;. The summed E-state index contributed by atoms with van der Waals surface area (Å²) in [6.07, 6.45) is 35.8. The van der Waals surface area contributed by atoms with Gasteiger partial charge in [0.15, 0.2) is 46.0 Å². The van der Waals surface area contributed by atoms with Crippen molar-refractivity contribution in [3.05, 3.63) is 95.1 Å². The monoisotopic (exact) mass is 1340 g/mol. The molecule has 14 heteroatoms. The van der Waals surface area contributed by atoms with E-state index < -0.39 is 0 Å². The second-order valence-corrected chi connectivity index (χ2v) is 29.4. The Bertz CT molecular complexity index is 2490. The first kappa shape index (κ1) is 77.7. The zero-order valence-corrected chi connectivity index (χ0v) is 60.7. The van der Waals surface area contributed by atoms with Crippen LogP contribution in [0.25, 0.3) is 0 Å². The number of ether oxygens (including phenoxy) is 4. The molecule has 0 aliphatic carbocycles. The molecule has 4 N–H and O–H groups in total. The maximum Gasteiger partial charge on any atom is 0.161 e. The molecule has 0 aromatic heterocycles. The van der Waals surface area contributed by atoms with Crippen LogP contribution in [-0.2, 0) is 25.7 Å². The highest BCUT2D eigenvalue weighted by Crippen LogP contribution is 2.35. The molecular formula is C81H130ClN5O8. The fraction of sp³-hybridized carbons (Fsp3) is 0.704. The zero-order valence-electron chi connectivity index (χ0n) is 59.9. The Morgan fingerprint density at radius 3 is 0.800 bits per heavy atom. The lowest BCUT2D eigenvalue weighted by molar-refractivity contribution is 0.209. The van der Waals surface area contributed by atoms with Crippen molar-refractivity contribution in [2.45, 2.75) is 214 Å². The van der Waals surface area contributed by atoms with Crippen LogP contribution in [0.4, 0.5) is 0 Å². The van der Waals surface area contributed by atoms with Crippen molar-refractivity contribution in [1.29, 1.82) is 0 Å². The Morgan fingerprint density at radius 2 is 0.537 bits per heavy atom. The molecule has 4 aromatic rings. The average Bonchev–Trinajstić information content (AvgIpc) is 1.93. The van der Waals surface area contributed by atoms with E-state index in [9.17, 15) is 20.4 Å². The number of rotatable bonds is 38. The quantitative estimate of drug-likeness (QED) is 0.0193. The van der Waals surface area contributed by atoms with Gasteiger partial charge in [-0.2, -0.15) is 0 Å². The van der Waals surface area contributed by atoms with Crippen LogP contribution in [0.1, 0.15) is 210 Å². The minimum atomic E-state index is -0.107. The number of piperidine rings is 5. The minimum Gasteiger partial charge on any atom is -0.504 e. The van der Waals surface area contributed by atoms with E-state index in [2.05, 4.69) is 88.6 Å². The number of nitrogens with zero attached hydrogens (tertiary/aromatic N) is 5. The maximum absolute atomic E-state index is 9.54. The van der Waals surface area contributed by atoms with Gasteiger partial charge in [0.1, 0.15) is 0 Å². The first-order valence-corrected chi connectivity index (χ1v) is 38.9. The van der Waals surface area contributed by atoms with E-state index in [0.29, 0.717) is 23.7 Å². The van der Waals surface area contributed by atoms with Gasteiger partial charge in [-0.05, 0) is 347 Å². The molecule has 534 valence electrons. The number of benzene rings is 4.